The molecule has 0 fully saturated rings. The highest BCUT2D eigenvalue weighted by Crippen LogP contribution is 2.28. The first-order valence-corrected chi connectivity index (χ1v) is 8.51. The van der Waals surface area contributed by atoms with Crippen molar-refractivity contribution in [3.8, 4) is 11.3 Å². The lowest BCUT2D eigenvalue weighted by molar-refractivity contribution is 0.275. The maximum absolute atomic E-state index is 9.76. The van der Waals surface area contributed by atoms with E-state index in [2.05, 4.69) is 50.1 Å². The molecule has 5 heteroatoms. The average molecular weight is 315 g/mol. The Kier molecular flexibility index (Phi) is 4.27. The van der Waals surface area contributed by atoms with Crippen molar-refractivity contribution >= 4 is 16.3 Å². The van der Waals surface area contributed by atoms with Gasteiger partial charge in [-0.3, -0.25) is 0 Å². The predicted molar refractivity (Wildman–Crippen MR) is 90.1 cm³/mol. The number of benzene rings is 1. The molecule has 116 valence electrons. The van der Waals surface area contributed by atoms with Gasteiger partial charge in [0.1, 0.15) is 5.01 Å². The molecule has 2 aromatic heterocycles. The quantitative estimate of drug-likeness (QED) is 0.781. The molecule has 4 nitrogen and oxygen atoms in total. The first-order valence-electron chi connectivity index (χ1n) is 7.69. The van der Waals surface area contributed by atoms with Crippen molar-refractivity contribution in [2.45, 2.75) is 40.2 Å². The van der Waals surface area contributed by atoms with Crippen LogP contribution in [0.2, 0.25) is 0 Å². The molecule has 0 amide bonds. The summed E-state index contributed by atoms with van der Waals surface area (Å²) in [4.78, 5) is 5.55. The molecule has 0 saturated carbocycles. The number of aliphatic hydroxyl groups excluding tert-OH is 1. The third kappa shape index (κ3) is 2.78. The first kappa shape index (κ1) is 15.2. The van der Waals surface area contributed by atoms with E-state index in [0.29, 0.717) is 5.92 Å². The van der Waals surface area contributed by atoms with Crippen LogP contribution in [0.25, 0.3) is 16.2 Å². The van der Waals surface area contributed by atoms with Crippen LogP contribution in [0.4, 0.5) is 0 Å². The number of rotatable bonds is 5. The summed E-state index contributed by atoms with van der Waals surface area (Å²) in [5, 5.41) is 15.4. The summed E-state index contributed by atoms with van der Waals surface area (Å²) >= 11 is 1.61. The lowest BCUT2D eigenvalue weighted by Gasteiger charge is -2.03. The topological polar surface area (TPSA) is 50.4 Å². The van der Waals surface area contributed by atoms with Crippen LogP contribution in [0.3, 0.4) is 0 Å². The summed E-state index contributed by atoms with van der Waals surface area (Å²) in [5.41, 5.74) is 3.93. The van der Waals surface area contributed by atoms with E-state index in [-0.39, 0.29) is 6.61 Å². The van der Waals surface area contributed by atoms with Crippen LogP contribution in [-0.4, -0.2) is 19.7 Å². The lowest BCUT2D eigenvalue weighted by atomic mass is 10.1. The molecule has 3 aromatic rings. The highest BCUT2D eigenvalue weighted by molar-refractivity contribution is 7.16. The Labute approximate surface area is 134 Å². The van der Waals surface area contributed by atoms with Gasteiger partial charge in [-0.25, -0.2) is 9.50 Å². The monoisotopic (exact) mass is 315 g/mol. The zero-order valence-corrected chi connectivity index (χ0v) is 14.0. The molecule has 0 spiro atoms. The largest absolute Gasteiger partial charge is 0.390 e. The summed E-state index contributed by atoms with van der Waals surface area (Å²) in [6.45, 7) is 6.44. The standard InChI is InChI=1S/C17H21N3OS/c1-4-12-5-7-13(8-6-12)16-14(10-21)20-17(18-16)22-15(19-20)9-11(2)3/h5-8,11,21H,4,9-10H2,1-3H3. The third-order valence-corrected chi connectivity index (χ3v) is 4.64. The Hall–Kier alpha value is -1.72. The van der Waals surface area contributed by atoms with Crippen molar-refractivity contribution in [1.29, 1.82) is 0 Å². The van der Waals surface area contributed by atoms with E-state index in [1.165, 1.54) is 5.56 Å². The maximum atomic E-state index is 9.76. The average Bonchev–Trinajstić information content (AvgIpc) is 3.03. The molecule has 0 radical (unpaired) electrons. The molecule has 0 atom stereocenters. The molecule has 3 rings (SSSR count). The molecule has 0 aliphatic carbocycles. The first-order chi connectivity index (χ1) is 10.6. The van der Waals surface area contributed by atoms with Crippen molar-refractivity contribution in [3.05, 3.63) is 40.5 Å². The highest BCUT2D eigenvalue weighted by atomic mass is 32.1. The summed E-state index contributed by atoms with van der Waals surface area (Å²) in [6.07, 6.45) is 1.96. The molecule has 0 aliphatic heterocycles. The van der Waals surface area contributed by atoms with Crippen molar-refractivity contribution in [3.63, 3.8) is 0 Å². The van der Waals surface area contributed by atoms with E-state index >= 15 is 0 Å². The summed E-state index contributed by atoms with van der Waals surface area (Å²) < 4.78 is 1.80. The molecule has 22 heavy (non-hydrogen) atoms. The van der Waals surface area contributed by atoms with Gasteiger partial charge in [0.2, 0.25) is 4.96 Å². The fourth-order valence-electron chi connectivity index (χ4n) is 2.53. The molecule has 0 aliphatic rings. The smallest absolute Gasteiger partial charge is 0.213 e. The Morgan fingerprint density at radius 3 is 2.55 bits per heavy atom. The molecular formula is C17H21N3OS. The zero-order valence-electron chi connectivity index (χ0n) is 13.2. The van der Waals surface area contributed by atoms with Gasteiger partial charge < -0.3 is 5.11 Å². The number of hydrogen-bond acceptors (Lipinski definition) is 4. The van der Waals surface area contributed by atoms with Crippen LogP contribution < -0.4 is 0 Å². The number of aliphatic hydroxyl groups is 1. The van der Waals surface area contributed by atoms with Gasteiger partial charge in [-0.15, -0.1) is 0 Å². The summed E-state index contributed by atoms with van der Waals surface area (Å²) in [6, 6.07) is 8.36. The third-order valence-electron chi connectivity index (χ3n) is 3.71. The van der Waals surface area contributed by atoms with Gasteiger partial charge in [0.25, 0.3) is 0 Å². The Bertz CT molecular complexity index is 771. The van der Waals surface area contributed by atoms with Crippen LogP contribution in [-0.2, 0) is 19.4 Å². The van der Waals surface area contributed by atoms with Crippen LogP contribution in [0.5, 0.6) is 0 Å². The SMILES string of the molecule is CCc1ccc(-c2nc3sc(CC(C)C)nn3c2CO)cc1. The molecule has 0 unspecified atom stereocenters. The van der Waals surface area contributed by atoms with Gasteiger partial charge >= 0.3 is 0 Å². The minimum Gasteiger partial charge on any atom is -0.390 e. The number of aromatic nitrogens is 3. The number of aryl methyl sites for hydroxylation is 1. The van der Waals surface area contributed by atoms with Gasteiger partial charge in [0.05, 0.1) is 18.0 Å². The van der Waals surface area contributed by atoms with E-state index in [0.717, 1.165) is 39.8 Å². The zero-order chi connectivity index (χ0) is 15.7. The Balaban J connectivity index is 2.03. The number of fused-ring (bicyclic) bond motifs is 1. The van der Waals surface area contributed by atoms with Crippen molar-refractivity contribution < 1.29 is 5.11 Å². The second kappa shape index (κ2) is 6.18. The van der Waals surface area contributed by atoms with Gasteiger partial charge in [-0.2, -0.15) is 5.10 Å². The van der Waals surface area contributed by atoms with Gasteiger partial charge in [0.15, 0.2) is 0 Å². The molecule has 1 aromatic carbocycles. The number of hydrogen-bond donors (Lipinski definition) is 1. The second-order valence-corrected chi connectivity index (χ2v) is 6.94. The molecule has 1 N–H and O–H groups in total. The molecular weight excluding hydrogens is 294 g/mol. The summed E-state index contributed by atoms with van der Waals surface area (Å²) in [5.74, 6) is 0.564. The number of nitrogens with zero attached hydrogens (tertiary/aromatic N) is 3. The minimum atomic E-state index is -0.0586. The molecule has 0 bridgehead atoms. The summed E-state index contributed by atoms with van der Waals surface area (Å²) in [7, 11) is 0. The van der Waals surface area contributed by atoms with Gasteiger partial charge in [-0.05, 0) is 17.9 Å². The van der Waals surface area contributed by atoms with Gasteiger partial charge in [0, 0.05) is 12.0 Å². The van der Waals surface area contributed by atoms with Crippen LogP contribution in [0, 0.1) is 5.92 Å². The van der Waals surface area contributed by atoms with E-state index < -0.39 is 0 Å². The number of imidazole rings is 1. The molecule has 2 heterocycles. The second-order valence-electron chi connectivity index (χ2n) is 5.90. The van der Waals surface area contributed by atoms with Gasteiger partial charge in [-0.1, -0.05) is 56.4 Å². The van der Waals surface area contributed by atoms with Crippen molar-refractivity contribution in [2.24, 2.45) is 5.92 Å². The van der Waals surface area contributed by atoms with Crippen LogP contribution in [0.15, 0.2) is 24.3 Å². The van der Waals surface area contributed by atoms with E-state index in [1.807, 2.05) is 0 Å². The maximum Gasteiger partial charge on any atom is 0.213 e. The van der Waals surface area contributed by atoms with Crippen LogP contribution in [0.1, 0.15) is 37.0 Å². The van der Waals surface area contributed by atoms with E-state index in [1.54, 1.807) is 15.9 Å². The normalized spacial score (nSPS) is 11.7. The minimum absolute atomic E-state index is 0.0586. The highest BCUT2D eigenvalue weighted by Gasteiger charge is 2.17. The predicted octanol–water partition coefficient (Wildman–Crippen LogP) is 3.71. The Morgan fingerprint density at radius 2 is 1.95 bits per heavy atom. The van der Waals surface area contributed by atoms with E-state index in [9.17, 15) is 5.11 Å². The lowest BCUT2D eigenvalue weighted by Crippen LogP contribution is -1.99. The van der Waals surface area contributed by atoms with Crippen molar-refractivity contribution in [2.75, 3.05) is 0 Å². The van der Waals surface area contributed by atoms with E-state index in [4.69, 9.17) is 4.98 Å². The Morgan fingerprint density at radius 1 is 1.23 bits per heavy atom. The van der Waals surface area contributed by atoms with Crippen LogP contribution >= 0.6 is 11.3 Å². The molecule has 0 saturated heterocycles. The van der Waals surface area contributed by atoms with Crippen molar-refractivity contribution in [1.82, 2.24) is 14.6 Å². The fraction of sp³-hybridized carbons (Fsp3) is 0.412. The fourth-order valence-corrected chi connectivity index (χ4v) is 3.66.